The zero-order chi connectivity index (χ0) is 15.1. The van der Waals surface area contributed by atoms with E-state index in [0.717, 1.165) is 32.5 Å². The predicted molar refractivity (Wildman–Crippen MR) is 84.1 cm³/mol. The molecule has 2 heterocycles. The molecule has 2 aliphatic rings. The highest BCUT2D eigenvalue weighted by molar-refractivity contribution is 5.23. The van der Waals surface area contributed by atoms with E-state index in [1.807, 2.05) is 6.20 Å². The van der Waals surface area contributed by atoms with E-state index in [1.165, 1.54) is 30.5 Å². The van der Waals surface area contributed by atoms with Crippen LogP contribution in [-0.4, -0.2) is 38.9 Å². The molecular formula is C17H29N3O. The molecular weight excluding hydrogens is 262 g/mol. The molecule has 4 heteroatoms. The fourth-order valence-corrected chi connectivity index (χ4v) is 4.10. The average molecular weight is 291 g/mol. The number of hydrogen-bond acceptors (Lipinski definition) is 3. The van der Waals surface area contributed by atoms with Gasteiger partial charge in [-0.3, -0.25) is 10.00 Å². The monoisotopic (exact) mass is 291 g/mol. The lowest BCUT2D eigenvalue weighted by Crippen LogP contribution is -2.53. The fourth-order valence-electron chi connectivity index (χ4n) is 4.10. The molecule has 2 fully saturated rings. The van der Waals surface area contributed by atoms with Gasteiger partial charge in [-0.15, -0.1) is 0 Å². The molecule has 0 bridgehead atoms. The van der Waals surface area contributed by atoms with Crippen molar-refractivity contribution in [3.05, 3.63) is 17.5 Å². The molecule has 2 unspecified atom stereocenters. The van der Waals surface area contributed by atoms with Gasteiger partial charge in [-0.1, -0.05) is 33.6 Å². The molecule has 1 aliphatic heterocycles. The van der Waals surface area contributed by atoms with E-state index >= 15 is 0 Å². The summed E-state index contributed by atoms with van der Waals surface area (Å²) in [6.45, 7) is 9.66. The Bertz CT molecular complexity index is 490. The third-order valence-electron chi connectivity index (χ3n) is 5.37. The Kier molecular flexibility index (Phi) is 3.87. The van der Waals surface area contributed by atoms with E-state index in [9.17, 15) is 5.11 Å². The predicted octanol–water partition coefficient (Wildman–Crippen LogP) is 2.83. The van der Waals surface area contributed by atoms with Crippen molar-refractivity contribution >= 4 is 0 Å². The highest BCUT2D eigenvalue weighted by atomic mass is 16.3. The summed E-state index contributed by atoms with van der Waals surface area (Å²) in [6.07, 6.45) is 7.57. The quantitative estimate of drug-likeness (QED) is 0.881. The van der Waals surface area contributed by atoms with Crippen molar-refractivity contribution in [2.45, 2.75) is 70.4 Å². The number of H-pyrrole nitrogens is 1. The SMILES string of the molecule is CC(C)(C)c1[nH]ncc1CN1CCC2(O)CCCCC2C1. The molecule has 0 amide bonds. The maximum atomic E-state index is 10.8. The Morgan fingerprint density at radius 2 is 2.19 bits per heavy atom. The molecule has 2 N–H and O–H groups in total. The summed E-state index contributed by atoms with van der Waals surface area (Å²) >= 11 is 0. The van der Waals surface area contributed by atoms with Gasteiger partial charge in [-0.2, -0.15) is 5.10 Å². The summed E-state index contributed by atoms with van der Waals surface area (Å²) in [6, 6.07) is 0. The van der Waals surface area contributed by atoms with Gasteiger partial charge in [-0.05, 0) is 19.3 Å². The molecule has 21 heavy (non-hydrogen) atoms. The Morgan fingerprint density at radius 1 is 1.38 bits per heavy atom. The lowest BCUT2D eigenvalue weighted by atomic mass is 9.71. The van der Waals surface area contributed by atoms with Gasteiger partial charge in [0.25, 0.3) is 0 Å². The maximum absolute atomic E-state index is 10.8. The van der Waals surface area contributed by atoms with Crippen LogP contribution in [0.25, 0.3) is 0 Å². The van der Waals surface area contributed by atoms with Gasteiger partial charge in [-0.25, -0.2) is 0 Å². The summed E-state index contributed by atoms with van der Waals surface area (Å²) in [4.78, 5) is 2.50. The van der Waals surface area contributed by atoms with E-state index in [0.29, 0.717) is 5.92 Å². The summed E-state index contributed by atoms with van der Waals surface area (Å²) in [5, 5.41) is 18.2. The first-order chi connectivity index (χ1) is 9.88. The van der Waals surface area contributed by atoms with E-state index in [1.54, 1.807) is 0 Å². The van der Waals surface area contributed by atoms with Gasteiger partial charge in [0.2, 0.25) is 0 Å². The minimum absolute atomic E-state index is 0.104. The standard InChI is InChI=1S/C17H29N3O/c1-16(2,3)15-13(10-18-19-15)11-20-9-8-17(21)7-5-4-6-14(17)12-20/h10,14,21H,4-9,11-12H2,1-3H3,(H,18,19). The number of nitrogens with zero attached hydrogens (tertiary/aromatic N) is 2. The van der Waals surface area contributed by atoms with Gasteiger partial charge < -0.3 is 5.11 Å². The molecule has 1 saturated carbocycles. The first-order valence-corrected chi connectivity index (χ1v) is 8.36. The van der Waals surface area contributed by atoms with Crippen LogP contribution in [0, 0.1) is 5.92 Å². The number of rotatable bonds is 2. The zero-order valence-corrected chi connectivity index (χ0v) is 13.7. The van der Waals surface area contributed by atoms with Crippen LogP contribution >= 0.6 is 0 Å². The molecule has 0 spiro atoms. The van der Waals surface area contributed by atoms with Crippen LogP contribution in [0.2, 0.25) is 0 Å². The van der Waals surface area contributed by atoms with Gasteiger partial charge >= 0.3 is 0 Å². The Hall–Kier alpha value is -0.870. The number of nitrogens with one attached hydrogen (secondary N) is 1. The van der Waals surface area contributed by atoms with Crippen molar-refractivity contribution in [1.82, 2.24) is 15.1 Å². The molecule has 3 rings (SSSR count). The smallest absolute Gasteiger partial charge is 0.0700 e. The molecule has 1 saturated heterocycles. The lowest BCUT2D eigenvalue weighted by Gasteiger charge is -2.47. The second kappa shape index (κ2) is 5.40. The van der Waals surface area contributed by atoms with Crippen molar-refractivity contribution in [2.24, 2.45) is 5.92 Å². The van der Waals surface area contributed by atoms with Crippen molar-refractivity contribution in [2.75, 3.05) is 13.1 Å². The summed E-state index contributed by atoms with van der Waals surface area (Å²) in [5.41, 5.74) is 2.28. The van der Waals surface area contributed by atoms with Crippen LogP contribution in [0.5, 0.6) is 0 Å². The van der Waals surface area contributed by atoms with E-state index in [-0.39, 0.29) is 11.0 Å². The van der Waals surface area contributed by atoms with E-state index < -0.39 is 0 Å². The second-order valence-corrected chi connectivity index (χ2v) is 8.05. The largest absolute Gasteiger partial charge is 0.390 e. The number of fused-ring (bicyclic) bond motifs is 1. The number of aromatic nitrogens is 2. The minimum Gasteiger partial charge on any atom is -0.390 e. The van der Waals surface area contributed by atoms with Crippen molar-refractivity contribution in [3.63, 3.8) is 0 Å². The van der Waals surface area contributed by atoms with Gasteiger partial charge in [0.15, 0.2) is 0 Å². The molecule has 4 nitrogen and oxygen atoms in total. The van der Waals surface area contributed by atoms with E-state index in [4.69, 9.17) is 0 Å². The minimum atomic E-state index is -0.377. The van der Waals surface area contributed by atoms with Crippen LogP contribution in [0.1, 0.15) is 64.1 Å². The van der Waals surface area contributed by atoms with Crippen molar-refractivity contribution < 1.29 is 5.11 Å². The van der Waals surface area contributed by atoms with Crippen LogP contribution in [0.4, 0.5) is 0 Å². The first-order valence-electron chi connectivity index (χ1n) is 8.36. The van der Waals surface area contributed by atoms with Crippen LogP contribution < -0.4 is 0 Å². The van der Waals surface area contributed by atoms with Crippen molar-refractivity contribution in [1.29, 1.82) is 0 Å². The van der Waals surface area contributed by atoms with Gasteiger partial charge in [0.1, 0.15) is 0 Å². The molecule has 2 atom stereocenters. The normalized spacial score (nSPS) is 31.1. The van der Waals surface area contributed by atoms with E-state index in [2.05, 4.69) is 35.9 Å². The number of aliphatic hydroxyl groups is 1. The van der Waals surface area contributed by atoms with Crippen LogP contribution in [0.3, 0.4) is 0 Å². The number of piperidine rings is 1. The summed E-state index contributed by atoms with van der Waals surface area (Å²) in [5.74, 6) is 0.463. The molecule has 1 aromatic rings. The summed E-state index contributed by atoms with van der Waals surface area (Å²) < 4.78 is 0. The average Bonchev–Trinajstić information content (AvgIpc) is 2.87. The van der Waals surface area contributed by atoms with Gasteiger partial charge in [0, 0.05) is 42.2 Å². The van der Waals surface area contributed by atoms with Crippen molar-refractivity contribution in [3.8, 4) is 0 Å². The maximum Gasteiger partial charge on any atom is 0.0700 e. The molecule has 0 aromatic carbocycles. The molecule has 0 radical (unpaired) electrons. The number of likely N-dealkylation sites (tertiary alicyclic amines) is 1. The van der Waals surface area contributed by atoms with Crippen LogP contribution in [0.15, 0.2) is 6.20 Å². The zero-order valence-electron chi connectivity index (χ0n) is 13.7. The number of aromatic amines is 1. The lowest BCUT2D eigenvalue weighted by molar-refractivity contribution is -0.0968. The summed E-state index contributed by atoms with van der Waals surface area (Å²) in [7, 11) is 0. The Morgan fingerprint density at radius 3 is 2.95 bits per heavy atom. The second-order valence-electron chi connectivity index (χ2n) is 8.05. The molecule has 118 valence electrons. The topological polar surface area (TPSA) is 52.2 Å². The van der Waals surface area contributed by atoms with Crippen LogP contribution in [-0.2, 0) is 12.0 Å². The Labute approximate surface area is 127 Å². The fraction of sp³-hybridized carbons (Fsp3) is 0.824. The molecule has 1 aromatic heterocycles. The highest BCUT2D eigenvalue weighted by Gasteiger charge is 2.42. The Balaban J connectivity index is 1.69. The highest BCUT2D eigenvalue weighted by Crippen LogP contribution is 2.40. The third kappa shape index (κ3) is 3.02. The third-order valence-corrected chi connectivity index (χ3v) is 5.37. The number of hydrogen-bond donors (Lipinski definition) is 2. The first kappa shape index (κ1) is 15.0. The van der Waals surface area contributed by atoms with Gasteiger partial charge in [0.05, 0.1) is 11.8 Å². The molecule has 1 aliphatic carbocycles.